The third kappa shape index (κ3) is 7.55. The fourth-order valence-electron chi connectivity index (χ4n) is 2.24. The van der Waals surface area contributed by atoms with Crippen molar-refractivity contribution < 1.29 is 27.3 Å². The van der Waals surface area contributed by atoms with E-state index >= 15 is 0 Å². The molecule has 27 heavy (non-hydrogen) atoms. The second-order valence-electron chi connectivity index (χ2n) is 5.87. The summed E-state index contributed by atoms with van der Waals surface area (Å²) in [4.78, 5) is 22.6. The van der Waals surface area contributed by atoms with E-state index in [4.69, 9.17) is 9.29 Å². The number of ether oxygens (including phenoxy) is 1. The number of esters is 1. The molecule has 0 aromatic heterocycles. The highest BCUT2D eigenvalue weighted by Crippen LogP contribution is 2.11. The van der Waals surface area contributed by atoms with E-state index < -0.39 is 16.1 Å². The van der Waals surface area contributed by atoms with E-state index in [0.717, 1.165) is 17.4 Å². The van der Waals surface area contributed by atoms with Crippen molar-refractivity contribution in [3.63, 3.8) is 0 Å². The van der Waals surface area contributed by atoms with Crippen LogP contribution in [0.2, 0.25) is 0 Å². The zero-order valence-corrected chi connectivity index (χ0v) is 15.4. The molecule has 2 aromatic rings. The standard InChI is InChI=1S/C20H20O6S/c21-15-18-7-5-16(6-8-18)3-4-17-9-11-19(12-10-17)20(22)26-13-1-2-14-27(23,24)25/h3-12,15H,1-2,13-14H2,(H,23,24,25)/b4-3+. The lowest BCUT2D eigenvalue weighted by Crippen LogP contribution is -2.09. The van der Waals surface area contributed by atoms with Crippen molar-refractivity contribution in [2.24, 2.45) is 0 Å². The van der Waals surface area contributed by atoms with E-state index in [1.54, 1.807) is 36.4 Å². The largest absolute Gasteiger partial charge is 0.462 e. The normalized spacial score (nSPS) is 11.4. The first-order valence-electron chi connectivity index (χ1n) is 8.33. The summed E-state index contributed by atoms with van der Waals surface area (Å²) < 4.78 is 34.9. The van der Waals surface area contributed by atoms with Crippen LogP contribution in [0.1, 0.15) is 44.7 Å². The molecule has 0 bridgehead atoms. The summed E-state index contributed by atoms with van der Waals surface area (Å²) in [5, 5.41) is 0. The van der Waals surface area contributed by atoms with Crippen LogP contribution in [0.4, 0.5) is 0 Å². The molecule has 0 heterocycles. The molecule has 2 rings (SSSR count). The predicted octanol–water partition coefficient (Wildman–Crippen LogP) is 3.49. The van der Waals surface area contributed by atoms with Crippen LogP contribution in [-0.4, -0.2) is 37.6 Å². The second-order valence-corrected chi connectivity index (χ2v) is 7.44. The van der Waals surface area contributed by atoms with Crippen molar-refractivity contribution >= 4 is 34.5 Å². The Bertz CT molecular complexity index is 896. The zero-order chi connectivity index (χ0) is 19.7. The minimum atomic E-state index is -3.97. The number of benzene rings is 2. The first-order valence-corrected chi connectivity index (χ1v) is 9.94. The van der Waals surface area contributed by atoms with Crippen molar-refractivity contribution in [1.29, 1.82) is 0 Å². The van der Waals surface area contributed by atoms with Crippen molar-refractivity contribution in [3.05, 3.63) is 70.8 Å². The molecule has 1 N–H and O–H groups in total. The summed E-state index contributed by atoms with van der Waals surface area (Å²) in [5.74, 6) is -0.828. The van der Waals surface area contributed by atoms with Crippen LogP contribution < -0.4 is 0 Å². The lowest BCUT2D eigenvalue weighted by atomic mass is 10.1. The molecule has 0 amide bonds. The molecule has 0 aliphatic carbocycles. The highest BCUT2D eigenvalue weighted by atomic mass is 32.2. The van der Waals surface area contributed by atoms with Gasteiger partial charge in [-0.3, -0.25) is 9.35 Å². The quantitative estimate of drug-likeness (QED) is 0.232. The number of carbonyl (C=O) groups is 2. The van der Waals surface area contributed by atoms with Gasteiger partial charge >= 0.3 is 5.97 Å². The van der Waals surface area contributed by atoms with Gasteiger partial charge in [-0.05, 0) is 36.1 Å². The van der Waals surface area contributed by atoms with Crippen LogP contribution in [-0.2, 0) is 14.9 Å². The van der Waals surface area contributed by atoms with Gasteiger partial charge < -0.3 is 4.74 Å². The van der Waals surface area contributed by atoms with E-state index in [-0.39, 0.29) is 18.8 Å². The van der Waals surface area contributed by atoms with Gasteiger partial charge in [-0.2, -0.15) is 8.42 Å². The minimum Gasteiger partial charge on any atom is -0.462 e. The van der Waals surface area contributed by atoms with Crippen LogP contribution in [0.15, 0.2) is 48.5 Å². The molecule has 0 fully saturated rings. The maximum absolute atomic E-state index is 11.9. The van der Waals surface area contributed by atoms with Gasteiger partial charge in [-0.25, -0.2) is 4.79 Å². The Labute approximate surface area is 158 Å². The summed E-state index contributed by atoms with van der Waals surface area (Å²) >= 11 is 0. The summed E-state index contributed by atoms with van der Waals surface area (Å²) in [5.41, 5.74) is 2.87. The molecule has 2 aromatic carbocycles. The maximum atomic E-state index is 11.9. The molecule has 0 aliphatic heterocycles. The van der Waals surface area contributed by atoms with Crippen LogP contribution >= 0.6 is 0 Å². The number of carbonyl (C=O) groups excluding carboxylic acids is 2. The average molecular weight is 388 g/mol. The third-order valence-corrected chi connectivity index (χ3v) is 4.52. The van der Waals surface area contributed by atoms with Crippen molar-refractivity contribution in [2.45, 2.75) is 12.8 Å². The zero-order valence-electron chi connectivity index (χ0n) is 14.6. The van der Waals surface area contributed by atoms with Crippen molar-refractivity contribution in [2.75, 3.05) is 12.4 Å². The van der Waals surface area contributed by atoms with Crippen LogP contribution in [0, 0.1) is 0 Å². The Morgan fingerprint density at radius 1 is 0.889 bits per heavy atom. The summed E-state index contributed by atoms with van der Waals surface area (Å²) in [6, 6.07) is 14.0. The van der Waals surface area contributed by atoms with Gasteiger partial charge in [0.2, 0.25) is 0 Å². The molecule has 0 aliphatic rings. The Balaban J connectivity index is 1.83. The lowest BCUT2D eigenvalue weighted by molar-refractivity contribution is 0.0500. The van der Waals surface area contributed by atoms with Crippen LogP contribution in [0.25, 0.3) is 12.2 Å². The monoisotopic (exact) mass is 388 g/mol. The molecule has 0 atom stereocenters. The fraction of sp³-hybridized carbons (Fsp3) is 0.200. The van der Waals surface area contributed by atoms with Gasteiger partial charge in [0.05, 0.1) is 17.9 Å². The predicted molar refractivity (Wildman–Crippen MR) is 103 cm³/mol. The molecule has 7 heteroatoms. The number of hydrogen-bond donors (Lipinski definition) is 1. The molecule has 0 unspecified atom stereocenters. The van der Waals surface area contributed by atoms with Gasteiger partial charge in [0.15, 0.2) is 0 Å². The molecule has 6 nitrogen and oxygen atoms in total. The Kier molecular flexibility index (Phi) is 7.45. The Morgan fingerprint density at radius 2 is 1.41 bits per heavy atom. The SMILES string of the molecule is O=Cc1ccc(/C=C/c2ccc(C(=O)OCCCCS(=O)(=O)O)cc2)cc1. The molecular formula is C20H20O6S. The smallest absolute Gasteiger partial charge is 0.338 e. The maximum Gasteiger partial charge on any atom is 0.338 e. The van der Waals surface area contributed by atoms with Gasteiger partial charge in [-0.15, -0.1) is 0 Å². The van der Waals surface area contributed by atoms with Gasteiger partial charge in [0.25, 0.3) is 10.1 Å². The number of unbranched alkanes of at least 4 members (excludes halogenated alkanes) is 1. The van der Waals surface area contributed by atoms with E-state index in [2.05, 4.69) is 0 Å². The summed E-state index contributed by atoms with van der Waals surface area (Å²) in [6.45, 7) is 0.0901. The molecule has 0 spiro atoms. The molecule has 142 valence electrons. The molecule has 0 saturated carbocycles. The number of rotatable bonds is 9. The summed E-state index contributed by atoms with van der Waals surface area (Å²) in [6.07, 6.45) is 5.16. The lowest BCUT2D eigenvalue weighted by Gasteiger charge is -2.05. The molecule has 0 saturated heterocycles. The highest BCUT2D eigenvalue weighted by molar-refractivity contribution is 7.85. The first kappa shape index (κ1) is 20.5. The first-order chi connectivity index (χ1) is 12.9. The Morgan fingerprint density at radius 3 is 1.93 bits per heavy atom. The van der Waals surface area contributed by atoms with Gasteiger partial charge in [0, 0.05) is 5.56 Å². The van der Waals surface area contributed by atoms with Gasteiger partial charge in [0.1, 0.15) is 6.29 Å². The van der Waals surface area contributed by atoms with E-state index in [1.165, 1.54) is 0 Å². The highest BCUT2D eigenvalue weighted by Gasteiger charge is 2.08. The van der Waals surface area contributed by atoms with Gasteiger partial charge in [-0.1, -0.05) is 48.6 Å². The van der Waals surface area contributed by atoms with Crippen LogP contribution in [0.5, 0.6) is 0 Å². The molecule has 0 radical (unpaired) electrons. The van der Waals surface area contributed by atoms with E-state index in [0.29, 0.717) is 17.5 Å². The minimum absolute atomic E-state index is 0.0901. The average Bonchev–Trinajstić information content (AvgIpc) is 2.66. The van der Waals surface area contributed by atoms with E-state index in [1.807, 2.05) is 24.3 Å². The molecular weight excluding hydrogens is 368 g/mol. The second kappa shape index (κ2) is 9.80. The van der Waals surface area contributed by atoms with E-state index in [9.17, 15) is 18.0 Å². The third-order valence-electron chi connectivity index (χ3n) is 3.72. The Hall–Kier alpha value is -2.77. The number of aldehydes is 1. The summed E-state index contributed by atoms with van der Waals surface area (Å²) in [7, 11) is -3.97. The van der Waals surface area contributed by atoms with Crippen molar-refractivity contribution in [3.8, 4) is 0 Å². The topological polar surface area (TPSA) is 97.7 Å². The fourth-order valence-corrected chi connectivity index (χ4v) is 2.81. The van der Waals surface area contributed by atoms with Crippen LogP contribution in [0.3, 0.4) is 0 Å². The van der Waals surface area contributed by atoms with Crippen molar-refractivity contribution in [1.82, 2.24) is 0 Å². The number of hydrogen-bond acceptors (Lipinski definition) is 5.